The Morgan fingerprint density at radius 3 is 2.33 bits per heavy atom. The largest absolute Gasteiger partial charge is 0.388 e. The molecule has 5 nitrogen and oxygen atoms in total. The van der Waals surface area contributed by atoms with E-state index in [1.165, 1.54) is 38.5 Å². The van der Waals surface area contributed by atoms with Gasteiger partial charge in [-0.3, -0.25) is 0 Å². The van der Waals surface area contributed by atoms with Gasteiger partial charge >= 0.3 is 0 Å². The first-order chi connectivity index (χ1) is 11.7. The Balaban J connectivity index is 1.84. The predicted octanol–water partition coefficient (Wildman–Crippen LogP) is 2.57. The second kappa shape index (κ2) is 13.8. The van der Waals surface area contributed by atoms with Crippen molar-refractivity contribution < 1.29 is 24.8 Å². The highest BCUT2D eigenvalue weighted by Gasteiger charge is 2.39. The highest BCUT2D eigenvalue weighted by atomic mass is 16.5. The SMILES string of the molecule is CC/C=C/CCCCCCCCCOC[C@H](O)[C@H]1OC[C@@H](O)[C@H]1O. The monoisotopic (exact) mass is 344 g/mol. The number of unbranched alkanes of at least 4 members (excludes halogenated alkanes) is 7. The summed E-state index contributed by atoms with van der Waals surface area (Å²) in [5.41, 5.74) is 0. The van der Waals surface area contributed by atoms with Crippen LogP contribution >= 0.6 is 0 Å². The van der Waals surface area contributed by atoms with Gasteiger partial charge in [0, 0.05) is 6.61 Å². The maximum absolute atomic E-state index is 9.89. The summed E-state index contributed by atoms with van der Waals surface area (Å²) in [6.45, 7) is 2.99. The van der Waals surface area contributed by atoms with Crippen molar-refractivity contribution >= 4 is 0 Å². The summed E-state index contributed by atoms with van der Waals surface area (Å²) in [7, 11) is 0. The zero-order valence-electron chi connectivity index (χ0n) is 15.1. The van der Waals surface area contributed by atoms with Gasteiger partial charge in [-0.15, -0.1) is 0 Å². The van der Waals surface area contributed by atoms with Gasteiger partial charge in [0.25, 0.3) is 0 Å². The third kappa shape index (κ3) is 9.14. The van der Waals surface area contributed by atoms with Gasteiger partial charge in [-0.05, 0) is 25.7 Å². The van der Waals surface area contributed by atoms with Gasteiger partial charge in [0.05, 0.1) is 13.2 Å². The summed E-state index contributed by atoms with van der Waals surface area (Å²) in [5.74, 6) is 0. The van der Waals surface area contributed by atoms with Crippen LogP contribution in [0.5, 0.6) is 0 Å². The average molecular weight is 344 g/mol. The fourth-order valence-electron chi connectivity index (χ4n) is 2.90. The van der Waals surface area contributed by atoms with Gasteiger partial charge in [-0.2, -0.15) is 0 Å². The first-order valence-electron chi connectivity index (χ1n) is 9.55. The lowest BCUT2D eigenvalue weighted by atomic mass is 10.1. The summed E-state index contributed by atoms with van der Waals surface area (Å²) in [5, 5.41) is 28.9. The number of aliphatic hydroxyl groups excluding tert-OH is 3. The van der Waals surface area contributed by atoms with Gasteiger partial charge in [0.15, 0.2) is 0 Å². The van der Waals surface area contributed by atoms with Gasteiger partial charge in [-0.25, -0.2) is 0 Å². The zero-order chi connectivity index (χ0) is 17.6. The Labute approximate surface area is 146 Å². The van der Waals surface area contributed by atoms with Crippen LogP contribution in [-0.2, 0) is 9.47 Å². The number of ether oxygens (including phenoxy) is 2. The number of aliphatic hydroxyl groups is 3. The van der Waals surface area contributed by atoms with Crippen LogP contribution in [0, 0.1) is 0 Å². The molecule has 0 unspecified atom stereocenters. The minimum Gasteiger partial charge on any atom is -0.388 e. The van der Waals surface area contributed by atoms with Crippen molar-refractivity contribution in [3.05, 3.63) is 12.2 Å². The Bertz CT molecular complexity index is 321. The van der Waals surface area contributed by atoms with Crippen molar-refractivity contribution in [1.82, 2.24) is 0 Å². The number of rotatable bonds is 14. The molecular formula is C19H36O5. The highest BCUT2D eigenvalue weighted by Crippen LogP contribution is 2.18. The molecule has 0 aromatic rings. The lowest BCUT2D eigenvalue weighted by Gasteiger charge is -2.20. The number of allylic oxidation sites excluding steroid dienone is 2. The van der Waals surface area contributed by atoms with Crippen molar-refractivity contribution in [3.8, 4) is 0 Å². The minimum absolute atomic E-state index is 0.0672. The van der Waals surface area contributed by atoms with Crippen molar-refractivity contribution in [2.75, 3.05) is 19.8 Å². The van der Waals surface area contributed by atoms with Crippen LogP contribution in [0.3, 0.4) is 0 Å². The molecule has 24 heavy (non-hydrogen) atoms. The average Bonchev–Trinajstić information content (AvgIpc) is 2.91. The molecule has 1 heterocycles. The summed E-state index contributed by atoms with van der Waals surface area (Å²) >= 11 is 0. The molecule has 0 radical (unpaired) electrons. The van der Waals surface area contributed by atoms with E-state index >= 15 is 0 Å². The Morgan fingerprint density at radius 1 is 1.04 bits per heavy atom. The minimum atomic E-state index is -1.03. The molecule has 0 bridgehead atoms. The van der Waals surface area contributed by atoms with Crippen molar-refractivity contribution in [2.45, 2.75) is 89.1 Å². The van der Waals surface area contributed by atoms with Crippen LogP contribution in [-0.4, -0.2) is 59.6 Å². The fourth-order valence-corrected chi connectivity index (χ4v) is 2.90. The molecule has 1 fully saturated rings. The first kappa shape index (κ1) is 21.6. The van der Waals surface area contributed by atoms with E-state index in [0.717, 1.165) is 19.3 Å². The zero-order valence-corrected chi connectivity index (χ0v) is 15.1. The maximum atomic E-state index is 9.89. The van der Waals surface area contributed by atoms with Crippen LogP contribution in [0.2, 0.25) is 0 Å². The molecule has 1 aliphatic rings. The van der Waals surface area contributed by atoms with E-state index in [0.29, 0.717) is 6.61 Å². The molecule has 5 heteroatoms. The third-order valence-corrected chi connectivity index (χ3v) is 4.42. The lowest BCUT2D eigenvalue weighted by molar-refractivity contribution is -0.0813. The Morgan fingerprint density at radius 2 is 1.71 bits per heavy atom. The van der Waals surface area contributed by atoms with E-state index in [1.54, 1.807) is 0 Å². The molecule has 142 valence electrons. The molecule has 0 amide bonds. The van der Waals surface area contributed by atoms with E-state index in [2.05, 4.69) is 19.1 Å². The van der Waals surface area contributed by atoms with Gasteiger partial charge in [-0.1, -0.05) is 51.2 Å². The molecule has 0 aliphatic carbocycles. The van der Waals surface area contributed by atoms with Gasteiger partial charge in [0.2, 0.25) is 0 Å². The molecule has 1 rings (SSSR count). The highest BCUT2D eigenvalue weighted by molar-refractivity contribution is 4.87. The summed E-state index contributed by atoms with van der Waals surface area (Å²) < 4.78 is 10.6. The van der Waals surface area contributed by atoms with Crippen molar-refractivity contribution in [1.29, 1.82) is 0 Å². The molecule has 0 aromatic heterocycles. The molecule has 4 atom stereocenters. The number of hydrogen-bond donors (Lipinski definition) is 3. The predicted molar refractivity (Wildman–Crippen MR) is 94.9 cm³/mol. The first-order valence-corrected chi connectivity index (χ1v) is 9.55. The van der Waals surface area contributed by atoms with E-state index in [-0.39, 0.29) is 13.2 Å². The standard InChI is InChI=1S/C19H36O5/c1-2-3-4-5-6-7-8-9-10-11-12-13-23-14-17(21)19-18(22)16(20)15-24-19/h3-4,16-22H,2,5-15H2,1H3/b4-3+/t16-,17+,18-,19-/m1/s1. The number of hydrogen-bond acceptors (Lipinski definition) is 5. The van der Waals surface area contributed by atoms with E-state index in [9.17, 15) is 15.3 Å². The van der Waals surface area contributed by atoms with Crippen LogP contribution in [0.4, 0.5) is 0 Å². The third-order valence-electron chi connectivity index (χ3n) is 4.42. The molecule has 0 spiro atoms. The summed E-state index contributed by atoms with van der Waals surface area (Å²) in [6, 6.07) is 0. The van der Waals surface area contributed by atoms with E-state index < -0.39 is 24.4 Å². The second-order valence-corrected chi connectivity index (χ2v) is 6.64. The summed E-state index contributed by atoms with van der Waals surface area (Å²) in [6.07, 6.45) is 11.8. The Hall–Kier alpha value is -0.460. The normalized spacial score (nSPS) is 25.6. The van der Waals surface area contributed by atoms with Crippen LogP contribution in [0.25, 0.3) is 0 Å². The van der Waals surface area contributed by atoms with E-state index in [1.807, 2.05) is 0 Å². The fraction of sp³-hybridized carbons (Fsp3) is 0.895. The van der Waals surface area contributed by atoms with Crippen LogP contribution in [0.15, 0.2) is 12.2 Å². The summed E-state index contributed by atoms with van der Waals surface area (Å²) in [4.78, 5) is 0. The maximum Gasteiger partial charge on any atom is 0.114 e. The smallest absolute Gasteiger partial charge is 0.114 e. The van der Waals surface area contributed by atoms with Crippen molar-refractivity contribution in [3.63, 3.8) is 0 Å². The molecule has 0 aromatic carbocycles. The molecule has 1 saturated heterocycles. The topological polar surface area (TPSA) is 79.2 Å². The molecular weight excluding hydrogens is 308 g/mol. The quantitative estimate of drug-likeness (QED) is 0.333. The van der Waals surface area contributed by atoms with E-state index in [4.69, 9.17) is 9.47 Å². The van der Waals surface area contributed by atoms with Crippen LogP contribution in [0.1, 0.15) is 64.7 Å². The van der Waals surface area contributed by atoms with Gasteiger partial charge < -0.3 is 24.8 Å². The molecule has 0 saturated carbocycles. The van der Waals surface area contributed by atoms with Gasteiger partial charge in [0.1, 0.15) is 24.4 Å². The Kier molecular flexibility index (Phi) is 12.4. The van der Waals surface area contributed by atoms with Crippen LogP contribution < -0.4 is 0 Å². The molecule has 1 aliphatic heterocycles. The lowest BCUT2D eigenvalue weighted by Crippen LogP contribution is -2.40. The second-order valence-electron chi connectivity index (χ2n) is 6.64. The van der Waals surface area contributed by atoms with Crippen molar-refractivity contribution in [2.24, 2.45) is 0 Å². The molecule has 3 N–H and O–H groups in total.